The highest BCUT2D eigenvalue weighted by Crippen LogP contribution is 2.53. The number of aromatic amines is 1. The highest BCUT2D eigenvalue weighted by Gasteiger charge is 2.48. The second-order valence-electron chi connectivity index (χ2n) is 14.6. The molecule has 1 aliphatic carbocycles. The van der Waals surface area contributed by atoms with Gasteiger partial charge in [0.2, 0.25) is 0 Å². The molecule has 0 spiro atoms. The lowest BCUT2D eigenvalue weighted by Crippen LogP contribution is -2.48. The Morgan fingerprint density at radius 3 is 2.38 bits per heavy atom. The maximum absolute atomic E-state index is 13.9. The van der Waals surface area contributed by atoms with Gasteiger partial charge in [-0.15, -0.1) is 11.8 Å². The molecule has 1 saturated heterocycles. The number of amides is 1. The van der Waals surface area contributed by atoms with Crippen molar-refractivity contribution in [1.82, 2.24) is 20.2 Å². The monoisotopic (exact) mass is 743 g/mol. The molecule has 0 radical (unpaired) electrons. The standard InChI is InChI=1S/C38H48F3N5O5S/c1-21-14-31(52-7)30(36(48)44-21)17-43-35(47)28-15-29(25-8-13-32(42-16-25)46-18-22(2)49-23(3)19-46)34-33(24(28)4)50-37(5,51-34)26-9-11-27(12-10-26)45(6)20-38(39,40)41/h8,13-16,22-23,26-27H,9-12,17-20H2,1-7H3,(H,43,47)(H,44,48). The number of thioether (sulfide) groups is 1. The van der Waals surface area contributed by atoms with Gasteiger partial charge in [0, 0.05) is 83.1 Å². The predicted octanol–water partition coefficient (Wildman–Crippen LogP) is 6.86. The second-order valence-corrected chi connectivity index (χ2v) is 15.4. The topological polar surface area (TPSA) is 109 Å². The molecule has 2 aromatic heterocycles. The lowest BCUT2D eigenvalue weighted by molar-refractivity contribution is -0.153. The quantitative estimate of drug-likeness (QED) is 0.227. The Morgan fingerprint density at radius 1 is 1.10 bits per heavy atom. The van der Waals surface area contributed by atoms with E-state index in [0.29, 0.717) is 72.5 Å². The van der Waals surface area contributed by atoms with E-state index >= 15 is 0 Å². The van der Waals surface area contributed by atoms with E-state index in [0.717, 1.165) is 22.0 Å². The molecular formula is C38H48F3N5O5S. The maximum Gasteiger partial charge on any atom is 0.401 e. The number of H-pyrrole nitrogens is 1. The van der Waals surface area contributed by atoms with E-state index in [1.807, 2.05) is 59.1 Å². The molecule has 0 bridgehead atoms. The van der Waals surface area contributed by atoms with Gasteiger partial charge in [-0.3, -0.25) is 14.5 Å². The first-order chi connectivity index (χ1) is 24.5. The van der Waals surface area contributed by atoms with Crippen LogP contribution in [0.15, 0.2) is 40.2 Å². The lowest BCUT2D eigenvalue weighted by Gasteiger charge is -2.40. The molecule has 282 valence electrons. The number of nitrogens with zero attached hydrogens (tertiary/aromatic N) is 3. The minimum absolute atomic E-state index is 0.0320. The molecule has 14 heteroatoms. The summed E-state index contributed by atoms with van der Waals surface area (Å²) in [5, 5.41) is 2.95. The van der Waals surface area contributed by atoms with Gasteiger partial charge in [-0.05, 0) is 90.9 Å². The summed E-state index contributed by atoms with van der Waals surface area (Å²) in [5.74, 6) is 0.189. The number of halogens is 3. The Balaban J connectivity index is 1.30. The Kier molecular flexibility index (Phi) is 10.9. The van der Waals surface area contributed by atoms with Crippen LogP contribution in [0, 0.1) is 19.8 Å². The lowest BCUT2D eigenvalue weighted by atomic mass is 9.81. The zero-order chi connectivity index (χ0) is 37.5. The smallest absolute Gasteiger partial charge is 0.401 e. The maximum atomic E-state index is 13.9. The van der Waals surface area contributed by atoms with Gasteiger partial charge in [0.05, 0.1) is 18.8 Å². The summed E-state index contributed by atoms with van der Waals surface area (Å²) in [6, 6.07) is 7.39. The van der Waals surface area contributed by atoms with Crippen LogP contribution in [0.3, 0.4) is 0 Å². The summed E-state index contributed by atoms with van der Waals surface area (Å²) in [5.41, 5.74) is 3.28. The van der Waals surface area contributed by atoms with Crippen LogP contribution in [-0.2, 0) is 11.3 Å². The van der Waals surface area contributed by atoms with E-state index in [-0.39, 0.29) is 42.2 Å². The number of carbonyl (C=O) groups is 1. The number of morpholine rings is 1. The van der Waals surface area contributed by atoms with E-state index in [2.05, 4.69) is 15.2 Å². The number of aryl methyl sites for hydroxylation is 1. The third-order valence-corrected chi connectivity index (χ3v) is 11.3. The van der Waals surface area contributed by atoms with Gasteiger partial charge < -0.3 is 29.4 Å². The molecule has 3 atom stereocenters. The van der Waals surface area contributed by atoms with Gasteiger partial charge >= 0.3 is 6.18 Å². The van der Waals surface area contributed by atoms with Crippen molar-refractivity contribution in [1.29, 1.82) is 0 Å². The number of nitrogens with one attached hydrogen (secondary N) is 2. The van der Waals surface area contributed by atoms with Gasteiger partial charge in [0.25, 0.3) is 17.3 Å². The molecule has 6 rings (SSSR count). The molecule has 1 aromatic carbocycles. The third kappa shape index (κ3) is 8.08. The number of alkyl halides is 3. The van der Waals surface area contributed by atoms with Crippen molar-refractivity contribution in [2.24, 2.45) is 5.92 Å². The van der Waals surface area contributed by atoms with Crippen LogP contribution in [0.2, 0.25) is 0 Å². The van der Waals surface area contributed by atoms with Crippen molar-refractivity contribution in [3.8, 4) is 22.6 Å². The number of hydrogen-bond acceptors (Lipinski definition) is 9. The first-order valence-electron chi connectivity index (χ1n) is 17.8. The summed E-state index contributed by atoms with van der Waals surface area (Å²) in [7, 11) is 1.53. The van der Waals surface area contributed by atoms with Crippen LogP contribution in [0.4, 0.5) is 19.0 Å². The van der Waals surface area contributed by atoms with E-state index in [1.165, 1.54) is 23.7 Å². The molecule has 2 fully saturated rings. The van der Waals surface area contributed by atoms with Crippen molar-refractivity contribution in [2.75, 3.05) is 37.8 Å². The highest BCUT2D eigenvalue weighted by molar-refractivity contribution is 7.98. The molecule has 2 N–H and O–H groups in total. The Labute approximate surface area is 306 Å². The largest absolute Gasteiger partial charge is 0.448 e. The summed E-state index contributed by atoms with van der Waals surface area (Å²) in [6.45, 7) is 10.1. The van der Waals surface area contributed by atoms with Crippen molar-refractivity contribution >= 4 is 23.5 Å². The Bertz CT molecular complexity index is 1840. The fourth-order valence-electron chi connectivity index (χ4n) is 7.85. The van der Waals surface area contributed by atoms with Crippen LogP contribution >= 0.6 is 11.8 Å². The SMILES string of the molecule is CSc1cc(C)[nH]c(=O)c1CNC(=O)c1cc(-c2ccc(N3CC(C)OC(C)C3)nc2)c2c(c1C)OC(C)(C1CCC(N(C)CC(F)(F)F)CC1)O2. The van der Waals surface area contributed by atoms with Crippen LogP contribution in [-0.4, -0.2) is 83.9 Å². The van der Waals surface area contributed by atoms with Gasteiger partial charge in [0.15, 0.2) is 11.5 Å². The molecule has 4 heterocycles. The molecule has 3 aliphatic rings. The first kappa shape index (κ1) is 38.0. The van der Waals surface area contributed by atoms with Gasteiger partial charge in [-0.1, -0.05) is 0 Å². The normalized spacial score (nSPS) is 24.7. The number of fused-ring (bicyclic) bond motifs is 1. The molecular weight excluding hydrogens is 696 g/mol. The Hall–Kier alpha value is -3.75. The summed E-state index contributed by atoms with van der Waals surface area (Å²) in [4.78, 5) is 38.7. The number of carbonyl (C=O) groups excluding carboxylic acids is 1. The predicted molar refractivity (Wildman–Crippen MR) is 195 cm³/mol. The van der Waals surface area contributed by atoms with E-state index in [4.69, 9.17) is 19.2 Å². The molecule has 52 heavy (non-hydrogen) atoms. The average Bonchev–Trinajstić information content (AvgIpc) is 3.45. The molecule has 3 aromatic rings. The number of hydrogen-bond donors (Lipinski definition) is 2. The van der Waals surface area contributed by atoms with Crippen molar-refractivity contribution in [3.05, 3.63) is 63.2 Å². The molecule has 1 saturated carbocycles. The number of rotatable bonds is 9. The number of ether oxygens (including phenoxy) is 3. The molecule has 2 aliphatic heterocycles. The summed E-state index contributed by atoms with van der Waals surface area (Å²) >= 11 is 1.44. The van der Waals surface area contributed by atoms with Crippen molar-refractivity contribution in [3.63, 3.8) is 0 Å². The second kappa shape index (κ2) is 14.9. The van der Waals surface area contributed by atoms with Crippen molar-refractivity contribution < 1.29 is 32.2 Å². The highest BCUT2D eigenvalue weighted by atomic mass is 32.2. The number of pyridine rings is 2. The van der Waals surface area contributed by atoms with Crippen LogP contribution in [0.25, 0.3) is 11.1 Å². The van der Waals surface area contributed by atoms with Crippen LogP contribution in [0.1, 0.15) is 73.6 Å². The van der Waals surface area contributed by atoms with Crippen molar-refractivity contribution in [2.45, 2.75) is 102 Å². The number of aromatic nitrogens is 2. The Morgan fingerprint density at radius 2 is 1.77 bits per heavy atom. The summed E-state index contributed by atoms with van der Waals surface area (Å²) < 4.78 is 58.6. The summed E-state index contributed by atoms with van der Waals surface area (Å²) in [6.07, 6.45) is 1.93. The first-order valence-corrected chi connectivity index (χ1v) is 19.0. The number of benzene rings is 1. The number of anilines is 1. The molecule has 3 unspecified atom stereocenters. The zero-order valence-electron chi connectivity index (χ0n) is 30.8. The van der Waals surface area contributed by atoms with Crippen LogP contribution in [0.5, 0.6) is 11.5 Å². The minimum Gasteiger partial charge on any atom is -0.448 e. The minimum atomic E-state index is -4.26. The van der Waals surface area contributed by atoms with E-state index in [1.54, 1.807) is 12.3 Å². The van der Waals surface area contributed by atoms with Crippen LogP contribution < -0.4 is 25.2 Å². The molecule has 10 nitrogen and oxygen atoms in total. The van der Waals surface area contributed by atoms with Gasteiger partial charge in [-0.2, -0.15) is 13.2 Å². The van der Waals surface area contributed by atoms with E-state index < -0.39 is 18.5 Å². The third-order valence-electron chi connectivity index (χ3n) is 10.5. The van der Waals surface area contributed by atoms with Gasteiger partial charge in [-0.25, -0.2) is 4.98 Å². The fraction of sp³-hybridized carbons (Fsp3) is 0.553. The average molecular weight is 744 g/mol. The molecule has 1 amide bonds. The zero-order valence-corrected chi connectivity index (χ0v) is 31.6. The fourth-order valence-corrected chi connectivity index (χ4v) is 8.56. The van der Waals surface area contributed by atoms with Gasteiger partial charge in [0.1, 0.15) is 5.82 Å². The van der Waals surface area contributed by atoms with E-state index in [9.17, 15) is 22.8 Å².